The lowest BCUT2D eigenvalue weighted by molar-refractivity contribution is 0.102. The fourth-order valence-electron chi connectivity index (χ4n) is 3.06. The molecule has 0 saturated carbocycles. The van der Waals surface area contributed by atoms with Crippen LogP contribution in [-0.2, 0) is 0 Å². The maximum atomic E-state index is 12.8. The van der Waals surface area contributed by atoms with Crippen LogP contribution in [0.25, 0.3) is 11.3 Å². The summed E-state index contributed by atoms with van der Waals surface area (Å²) in [5.74, 6) is 1.51. The van der Waals surface area contributed by atoms with Gasteiger partial charge in [-0.2, -0.15) is 0 Å². The van der Waals surface area contributed by atoms with Crippen molar-refractivity contribution in [1.29, 1.82) is 0 Å². The van der Waals surface area contributed by atoms with Gasteiger partial charge in [0.15, 0.2) is 16.6 Å². The van der Waals surface area contributed by atoms with Crippen LogP contribution in [0.15, 0.2) is 41.8 Å². The molecule has 1 unspecified atom stereocenters. The molecule has 0 aliphatic carbocycles. The number of ether oxygens (including phenoxy) is 3. The summed E-state index contributed by atoms with van der Waals surface area (Å²) in [4.78, 5) is 17.3. The van der Waals surface area contributed by atoms with Gasteiger partial charge in [-0.15, -0.1) is 11.3 Å². The van der Waals surface area contributed by atoms with Gasteiger partial charge < -0.3 is 14.2 Å². The second-order valence-corrected chi connectivity index (χ2v) is 7.70. The molecule has 0 bridgehead atoms. The molecule has 30 heavy (non-hydrogen) atoms. The number of nitrogens with zero attached hydrogens (tertiary/aromatic N) is 1. The average Bonchev–Trinajstić information content (AvgIpc) is 3.25. The quantitative estimate of drug-likeness (QED) is 0.508. The number of rotatable bonds is 8. The van der Waals surface area contributed by atoms with E-state index in [0.29, 0.717) is 33.9 Å². The maximum Gasteiger partial charge on any atom is 0.257 e. The Kier molecular flexibility index (Phi) is 6.95. The van der Waals surface area contributed by atoms with E-state index < -0.39 is 0 Å². The van der Waals surface area contributed by atoms with Crippen LogP contribution < -0.4 is 19.5 Å². The predicted molar refractivity (Wildman–Crippen MR) is 120 cm³/mol. The molecule has 0 aliphatic rings. The summed E-state index contributed by atoms with van der Waals surface area (Å²) in [6.07, 6.45) is 1.10. The first-order valence-electron chi connectivity index (χ1n) is 9.67. The lowest BCUT2D eigenvalue weighted by Gasteiger charge is -2.13. The Morgan fingerprint density at radius 3 is 2.23 bits per heavy atom. The van der Waals surface area contributed by atoms with Crippen molar-refractivity contribution in [2.24, 2.45) is 0 Å². The molecule has 0 fully saturated rings. The lowest BCUT2D eigenvalue weighted by Crippen LogP contribution is -2.12. The number of carbonyl (C=O) groups excluding carboxylic acids is 1. The Hall–Kier alpha value is -3.06. The topological polar surface area (TPSA) is 69.7 Å². The van der Waals surface area contributed by atoms with Crippen molar-refractivity contribution in [3.63, 3.8) is 0 Å². The third-order valence-electron chi connectivity index (χ3n) is 5.04. The van der Waals surface area contributed by atoms with Gasteiger partial charge in [0.1, 0.15) is 0 Å². The number of thiazole rings is 1. The van der Waals surface area contributed by atoms with Crippen LogP contribution in [0.3, 0.4) is 0 Å². The van der Waals surface area contributed by atoms with Gasteiger partial charge in [0.25, 0.3) is 5.91 Å². The van der Waals surface area contributed by atoms with Gasteiger partial charge in [0.05, 0.1) is 27.0 Å². The molecule has 1 aromatic heterocycles. The molecule has 1 N–H and O–H groups in total. The molecule has 0 radical (unpaired) electrons. The van der Waals surface area contributed by atoms with Crippen LogP contribution in [0.4, 0.5) is 5.13 Å². The zero-order valence-corrected chi connectivity index (χ0v) is 18.6. The summed E-state index contributed by atoms with van der Waals surface area (Å²) in [6, 6.07) is 11.6. The summed E-state index contributed by atoms with van der Waals surface area (Å²) in [6.45, 7) is 4.40. The van der Waals surface area contributed by atoms with Gasteiger partial charge in [-0.25, -0.2) is 4.98 Å². The molecule has 2 aromatic carbocycles. The molecule has 7 heteroatoms. The van der Waals surface area contributed by atoms with E-state index in [4.69, 9.17) is 14.2 Å². The van der Waals surface area contributed by atoms with Crippen molar-refractivity contribution in [1.82, 2.24) is 4.98 Å². The summed E-state index contributed by atoms with van der Waals surface area (Å²) < 4.78 is 15.9. The predicted octanol–water partition coefficient (Wildman–Crippen LogP) is 5.60. The van der Waals surface area contributed by atoms with Gasteiger partial charge in [0, 0.05) is 16.5 Å². The van der Waals surface area contributed by atoms with Crippen LogP contribution in [0, 0.1) is 0 Å². The van der Waals surface area contributed by atoms with E-state index in [1.165, 1.54) is 38.2 Å². The van der Waals surface area contributed by atoms with Crippen molar-refractivity contribution in [3.05, 3.63) is 52.9 Å². The highest BCUT2D eigenvalue weighted by molar-refractivity contribution is 7.14. The molecular formula is C23H26N2O4S. The largest absolute Gasteiger partial charge is 0.493 e. The number of amides is 1. The summed E-state index contributed by atoms with van der Waals surface area (Å²) in [5, 5.41) is 5.30. The zero-order chi connectivity index (χ0) is 21.7. The van der Waals surface area contributed by atoms with E-state index in [0.717, 1.165) is 17.7 Å². The molecule has 3 rings (SSSR count). The summed E-state index contributed by atoms with van der Waals surface area (Å²) in [5.41, 5.74) is 3.55. The van der Waals surface area contributed by atoms with E-state index in [-0.39, 0.29) is 5.91 Å². The maximum absolute atomic E-state index is 12.8. The molecule has 0 spiro atoms. The first-order chi connectivity index (χ1) is 14.5. The highest BCUT2D eigenvalue weighted by Crippen LogP contribution is 2.38. The third kappa shape index (κ3) is 4.57. The second kappa shape index (κ2) is 9.63. The van der Waals surface area contributed by atoms with E-state index in [1.54, 1.807) is 12.1 Å². The molecule has 0 aliphatic heterocycles. The Morgan fingerprint density at radius 1 is 1.07 bits per heavy atom. The van der Waals surface area contributed by atoms with Crippen LogP contribution in [0.2, 0.25) is 0 Å². The SMILES string of the molecule is CCC(C)c1ccc(-c2csc(NC(=O)c3cc(OC)c(OC)c(OC)c3)n2)cc1. The first-order valence-corrected chi connectivity index (χ1v) is 10.6. The molecule has 6 nitrogen and oxygen atoms in total. The van der Waals surface area contributed by atoms with Gasteiger partial charge in [0.2, 0.25) is 5.75 Å². The van der Waals surface area contributed by atoms with Gasteiger partial charge in [-0.1, -0.05) is 38.1 Å². The normalized spacial score (nSPS) is 11.6. The van der Waals surface area contributed by atoms with Crippen LogP contribution in [-0.4, -0.2) is 32.2 Å². The number of hydrogen-bond donors (Lipinski definition) is 1. The standard InChI is InChI=1S/C23H26N2O4S/c1-6-14(2)15-7-9-16(10-8-15)18-13-30-23(24-18)25-22(26)17-11-19(27-3)21(29-5)20(12-17)28-4/h7-14H,6H2,1-5H3,(H,24,25,26). The number of anilines is 1. The summed E-state index contributed by atoms with van der Waals surface area (Å²) in [7, 11) is 4.55. The van der Waals surface area contributed by atoms with Gasteiger partial charge >= 0.3 is 0 Å². The minimum Gasteiger partial charge on any atom is -0.493 e. The molecular weight excluding hydrogens is 400 g/mol. The van der Waals surface area contributed by atoms with Gasteiger partial charge in [-0.05, 0) is 30.0 Å². The van der Waals surface area contributed by atoms with Gasteiger partial charge in [-0.3, -0.25) is 10.1 Å². The van der Waals surface area contributed by atoms with E-state index >= 15 is 0 Å². The zero-order valence-electron chi connectivity index (χ0n) is 17.8. The Labute approximate surface area is 180 Å². The second-order valence-electron chi connectivity index (χ2n) is 6.84. The van der Waals surface area contributed by atoms with E-state index in [1.807, 2.05) is 5.38 Å². The number of benzene rings is 2. The summed E-state index contributed by atoms with van der Waals surface area (Å²) >= 11 is 1.38. The molecule has 1 atom stereocenters. The lowest BCUT2D eigenvalue weighted by atomic mass is 9.97. The molecule has 3 aromatic rings. The number of aromatic nitrogens is 1. The smallest absolute Gasteiger partial charge is 0.257 e. The highest BCUT2D eigenvalue weighted by Gasteiger charge is 2.18. The van der Waals surface area contributed by atoms with E-state index in [9.17, 15) is 4.79 Å². The van der Waals surface area contributed by atoms with Crippen molar-refractivity contribution in [2.45, 2.75) is 26.2 Å². The van der Waals surface area contributed by atoms with Crippen LogP contribution in [0.5, 0.6) is 17.2 Å². The minimum absolute atomic E-state index is 0.303. The van der Waals surface area contributed by atoms with Crippen LogP contribution in [0.1, 0.15) is 42.1 Å². The fourth-order valence-corrected chi connectivity index (χ4v) is 3.78. The Morgan fingerprint density at radius 2 is 1.70 bits per heavy atom. The number of nitrogens with one attached hydrogen (secondary N) is 1. The van der Waals surface area contributed by atoms with Crippen molar-refractivity contribution < 1.29 is 19.0 Å². The van der Waals surface area contributed by atoms with Crippen molar-refractivity contribution in [2.75, 3.05) is 26.6 Å². The Bertz CT molecular complexity index is 989. The molecule has 1 amide bonds. The van der Waals surface area contributed by atoms with Crippen molar-refractivity contribution >= 4 is 22.4 Å². The minimum atomic E-state index is -0.303. The Balaban J connectivity index is 1.78. The molecule has 0 saturated heterocycles. The van der Waals surface area contributed by atoms with E-state index in [2.05, 4.69) is 48.4 Å². The number of carbonyl (C=O) groups is 1. The number of hydrogen-bond acceptors (Lipinski definition) is 6. The van der Waals surface area contributed by atoms with Crippen LogP contribution >= 0.6 is 11.3 Å². The monoisotopic (exact) mass is 426 g/mol. The average molecular weight is 427 g/mol. The molecule has 1 heterocycles. The number of methoxy groups -OCH3 is 3. The first kappa shape index (κ1) is 21.6. The fraction of sp³-hybridized carbons (Fsp3) is 0.304. The van der Waals surface area contributed by atoms with Crippen molar-refractivity contribution in [3.8, 4) is 28.5 Å². The highest BCUT2D eigenvalue weighted by atomic mass is 32.1. The third-order valence-corrected chi connectivity index (χ3v) is 5.80. The molecule has 158 valence electrons.